The number of nitrogens with zero attached hydrogens (tertiary/aromatic N) is 4. The average molecular weight is 475 g/mol. The minimum absolute atomic E-state index is 0.00193. The highest BCUT2D eigenvalue weighted by Crippen LogP contribution is 2.36. The Morgan fingerprint density at radius 2 is 1.73 bits per heavy atom. The van der Waals surface area contributed by atoms with Gasteiger partial charge in [-0.15, -0.1) is 0 Å². The fourth-order valence-electron chi connectivity index (χ4n) is 3.72. The van der Waals surface area contributed by atoms with Gasteiger partial charge in [-0.3, -0.25) is 18.5 Å². The smallest absolute Gasteiger partial charge is 0.332 e. The molecule has 0 N–H and O–H groups in total. The van der Waals surface area contributed by atoms with E-state index in [1.807, 2.05) is 0 Å². The van der Waals surface area contributed by atoms with E-state index in [9.17, 15) is 18.4 Å². The Balaban J connectivity index is 1.94. The average Bonchev–Trinajstić information content (AvgIpc) is 3.11. The number of halogens is 3. The van der Waals surface area contributed by atoms with Crippen molar-refractivity contribution >= 4 is 22.8 Å². The van der Waals surface area contributed by atoms with Gasteiger partial charge in [-0.05, 0) is 30.7 Å². The molecule has 0 saturated heterocycles. The number of imidazole rings is 1. The molecule has 2 aromatic heterocycles. The molecule has 7 nitrogen and oxygen atoms in total. The van der Waals surface area contributed by atoms with Gasteiger partial charge in [0.25, 0.3) is 11.5 Å². The van der Waals surface area contributed by atoms with Crippen molar-refractivity contribution in [3.8, 4) is 11.8 Å². The number of aryl methyl sites for hydroxylation is 1. The van der Waals surface area contributed by atoms with Gasteiger partial charge in [0, 0.05) is 37.2 Å². The first-order chi connectivity index (χ1) is 15.5. The lowest BCUT2D eigenvalue weighted by Crippen LogP contribution is -2.37. The zero-order chi connectivity index (χ0) is 24.1. The van der Waals surface area contributed by atoms with Crippen molar-refractivity contribution in [2.24, 2.45) is 14.1 Å². The topological polar surface area (TPSA) is 71.1 Å². The number of aromatic nitrogens is 4. The normalized spacial score (nSPS) is 11.8. The zero-order valence-electron chi connectivity index (χ0n) is 18.4. The van der Waals surface area contributed by atoms with Crippen LogP contribution >= 0.6 is 11.6 Å². The van der Waals surface area contributed by atoms with Crippen LogP contribution in [0.3, 0.4) is 0 Å². The molecule has 172 valence electrons. The summed E-state index contributed by atoms with van der Waals surface area (Å²) in [7, 11) is 2.87. The third kappa shape index (κ3) is 4.04. The van der Waals surface area contributed by atoms with E-state index in [0.29, 0.717) is 5.02 Å². The van der Waals surface area contributed by atoms with Crippen molar-refractivity contribution in [1.29, 1.82) is 0 Å². The minimum atomic E-state index is -3.06. The molecule has 0 aliphatic carbocycles. The molecule has 0 unspecified atom stereocenters. The summed E-state index contributed by atoms with van der Waals surface area (Å²) in [5, 5.41) is 0.553. The van der Waals surface area contributed by atoms with Crippen molar-refractivity contribution in [1.82, 2.24) is 18.7 Å². The van der Waals surface area contributed by atoms with Crippen LogP contribution in [-0.2, 0) is 26.6 Å². The molecule has 0 amide bonds. The Morgan fingerprint density at radius 1 is 1.06 bits per heavy atom. The summed E-state index contributed by atoms with van der Waals surface area (Å²) < 4.78 is 37.8. The SMILES string of the molecule is Cc1c(Oc2nc3c(c(=O)n(C)c(=O)n3C)n2Cc2ccc(Cl)cc2)cccc1C(C)(F)F. The quantitative estimate of drug-likeness (QED) is 0.431. The lowest BCUT2D eigenvalue weighted by molar-refractivity contribution is 0.0166. The Bertz CT molecular complexity index is 1480. The third-order valence-electron chi connectivity index (χ3n) is 5.53. The van der Waals surface area contributed by atoms with Gasteiger partial charge in [-0.2, -0.15) is 4.98 Å². The van der Waals surface area contributed by atoms with Crippen LogP contribution in [0.25, 0.3) is 11.2 Å². The molecule has 0 fully saturated rings. The maximum absolute atomic E-state index is 14.0. The molecule has 0 radical (unpaired) electrons. The van der Waals surface area contributed by atoms with E-state index in [0.717, 1.165) is 17.1 Å². The summed E-state index contributed by atoms with van der Waals surface area (Å²) >= 11 is 5.98. The number of benzene rings is 2. The van der Waals surface area contributed by atoms with Gasteiger partial charge in [0.2, 0.25) is 0 Å². The molecule has 4 aromatic rings. The highest BCUT2D eigenvalue weighted by atomic mass is 35.5. The molecule has 33 heavy (non-hydrogen) atoms. The molecule has 0 aliphatic rings. The van der Waals surface area contributed by atoms with Crippen molar-refractivity contribution in [2.75, 3.05) is 0 Å². The van der Waals surface area contributed by atoms with Crippen LogP contribution in [-0.4, -0.2) is 18.7 Å². The summed E-state index contributed by atoms with van der Waals surface area (Å²) in [6, 6.07) is 11.3. The number of rotatable bonds is 5. The van der Waals surface area contributed by atoms with Crippen molar-refractivity contribution in [3.63, 3.8) is 0 Å². The second-order valence-electron chi connectivity index (χ2n) is 7.90. The fraction of sp³-hybridized carbons (Fsp3) is 0.261. The van der Waals surface area contributed by atoms with Crippen LogP contribution in [0.4, 0.5) is 8.78 Å². The predicted octanol–water partition coefficient (Wildman–Crippen LogP) is 4.35. The maximum atomic E-state index is 14.0. The van der Waals surface area contributed by atoms with E-state index in [-0.39, 0.29) is 40.6 Å². The van der Waals surface area contributed by atoms with Gasteiger partial charge < -0.3 is 4.74 Å². The van der Waals surface area contributed by atoms with E-state index in [2.05, 4.69) is 4.98 Å². The standard InChI is InChI=1S/C23H21ClF2N4O3/c1-13-16(23(2,25)26)6-5-7-17(13)33-21-27-19-18(20(31)29(4)22(32)28(19)3)30(21)12-14-8-10-15(24)11-9-14/h5-11H,12H2,1-4H3. The first-order valence-electron chi connectivity index (χ1n) is 10.1. The summed E-state index contributed by atoms with van der Waals surface area (Å²) in [6.07, 6.45) is 0. The number of fused-ring (bicyclic) bond motifs is 1. The molecule has 0 bridgehead atoms. The first-order valence-corrected chi connectivity index (χ1v) is 10.4. The molecule has 2 aromatic carbocycles. The predicted molar refractivity (Wildman–Crippen MR) is 122 cm³/mol. The van der Waals surface area contributed by atoms with Crippen LogP contribution < -0.4 is 16.0 Å². The van der Waals surface area contributed by atoms with Crippen LogP contribution in [0.5, 0.6) is 11.8 Å². The van der Waals surface area contributed by atoms with Crippen molar-refractivity contribution in [3.05, 3.63) is 85.0 Å². The third-order valence-corrected chi connectivity index (χ3v) is 5.78. The zero-order valence-corrected chi connectivity index (χ0v) is 19.2. The van der Waals surface area contributed by atoms with E-state index in [4.69, 9.17) is 16.3 Å². The number of hydrogen-bond donors (Lipinski definition) is 0. The summed E-state index contributed by atoms with van der Waals surface area (Å²) in [5.41, 5.74) is 0.0560. The van der Waals surface area contributed by atoms with Gasteiger partial charge in [-0.25, -0.2) is 13.6 Å². The second kappa shape index (κ2) is 8.15. The lowest BCUT2D eigenvalue weighted by Gasteiger charge is -2.17. The lowest BCUT2D eigenvalue weighted by atomic mass is 10.0. The molecular weight excluding hydrogens is 454 g/mol. The monoisotopic (exact) mass is 474 g/mol. The molecule has 2 heterocycles. The number of hydrogen-bond acceptors (Lipinski definition) is 4. The van der Waals surface area contributed by atoms with E-state index in [1.165, 1.54) is 42.3 Å². The van der Waals surface area contributed by atoms with Crippen LogP contribution in [0.15, 0.2) is 52.1 Å². The van der Waals surface area contributed by atoms with Crippen molar-refractivity contribution < 1.29 is 13.5 Å². The van der Waals surface area contributed by atoms with Gasteiger partial charge in [-0.1, -0.05) is 35.9 Å². The molecule has 0 aliphatic heterocycles. The van der Waals surface area contributed by atoms with E-state index in [1.54, 1.807) is 30.3 Å². The Kier molecular flexibility index (Phi) is 5.61. The molecule has 0 saturated carbocycles. The molecule has 4 rings (SSSR count). The molecule has 10 heteroatoms. The van der Waals surface area contributed by atoms with Gasteiger partial charge in [0.15, 0.2) is 11.2 Å². The van der Waals surface area contributed by atoms with Gasteiger partial charge in [0.05, 0.1) is 6.54 Å². The first kappa shape index (κ1) is 22.7. The fourth-order valence-corrected chi connectivity index (χ4v) is 3.85. The Hall–Kier alpha value is -3.46. The molecule has 0 spiro atoms. The van der Waals surface area contributed by atoms with Crippen LogP contribution in [0, 0.1) is 6.92 Å². The summed E-state index contributed by atoms with van der Waals surface area (Å²) in [6.45, 7) is 2.52. The summed E-state index contributed by atoms with van der Waals surface area (Å²) in [5.74, 6) is -2.89. The van der Waals surface area contributed by atoms with Crippen molar-refractivity contribution in [2.45, 2.75) is 26.3 Å². The highest BCUT2D eigenvalue weighted by molar-refractivity contribution is 6.30. The van der Waals surface area contributed by atoms with Gasteiger partial charge in [0.1, 0.15) is 5.75 Å². The molecular formula is C23H21ClF2N4O3. The Labute approximate surface area is 192 Å². The summed E-state index contributed by atoms with van der Waals surface area (Å²) in [4.78, 5) is 29.8. The maximum Gasteiger partial charge on any atom is 0.332 e. The van der Waals surface area contributed by atoms with E-state index >= 15 is 0 Å². The Morgan fingerprint density at radius 3 is 2.36 bits per heavy atom. The van der Waals surface area contributed by atoms with Crippen LogP contribution in [0.2, 0.25) is 5.02 Å². The number of alkyl halides is 2. The minimum Gasteiger partial charge on any atom is -0.425 e. The second-order valence-corrected chi connectivity index (χ2v) is 8.34. The number of ether oxygens (including phenoxy) is 1. The van der Waals surface area contributed by atoms with E-state index < -0.39 is 17.2 Å². The molecule has 0 atom stereocenters. The largest absolute Gasteiger partial charge is 0.425 e. The van der Waals surface area contributed by atoms with Gasteiger partial charge >= 0.3 is 11.7 Å². The van der Waals surface area contributed by atoms with Crippen LogP contribution in [0.1, 0.15) is 23.6 Å². The highest BCUT2D eigenvalue weighted by Gasteiger charge is 2.28.